The lowest BCUT2D eigenvalue weighted by Crippen LogP contribution is -2.55. The fourth-order valence-corrected chi connectivity index (χ4v) is 0.757. The summed E-state index contributed by atoms with van der Waals surface area (Å²) in [4.78, 5) is 0. The summed E-state index contributed by atoms with van der Waals surface area (Å²) in [6.07, 6.45) is 2.99. The Kier molecular flexibility index (Phi) is 2.13. The number of aliphatic hydroxyl groups is 1. The van der Waals surface area contributed by atoms with Crippen molar-refractivity contribution in [2.45, 2.75) is 5.60 Å². The van der Waals surface area contributed by atoms with Gasteiger partial charge in [-0.2, -0.15) is 0 Å². The number of nitrogens with one attached hydrogen (secondary N) is 1. The van der Waals surface area contributed by atoms with Gasteiger partial charge in [-0.3, -0.25) is 0 Å². The highest BCUT2D eigenvalue weighted by Crippen LogP contribution is 2.14. The van der Waals surface area contributed by atoms with E-state index in [1.165, 1.54) is 6.20 Å². The largest absolute Gasteiger partial charge is 0.403 e. The maximum atomic E-state index is 9.37. The highest BCUT2D eigenvalue weighted by molar-refractivity contribution is 4.89. The van der Waals surface area contributed by atoms with Gasteiger partial charge in [0.25, 0.3) is 0 Å². The van der Waals surface area contributed by atoms with Crippen LogP contribution in [0.1, 0.15) is 0 Å². The third-order valence-electron chi connectivity index (χ3n) is 1.39. The Labute approximate surface area is 59.7 Å². The van der Waals surface area contributed by atoms with Crippen LogP contribution in [0.3, 0.4) is 0 Å². The molecule has 58 valence electrons. The molecule has 1 aliphatic rings. The summed E-state index contributed by atoms with van der Waals surface area (Å²) in [5.74, 6) is 0. The van der Waals surface area contributed by atoms with Gasteiger partial charge in [-0.15, -0.1) is 0 Å². The minimum absolute atomic E-state index is 0.415. The standard InChI is InChI=1S/C6H12N2O2/c7-1-2-8-3-6(9)4-10-5-6/h1-2,8-9H,3-5,7H2/b2-1-. The van der Waals surface area contributed by atoms with E-state index in [4.69, 9.17) is 10.5 Å². The van der Waals surface area contributed by atoms with E-state index in [0.717, 1.165) is 0 Å². The Morgan fingerprint density at radius 3 is 2.80 bits per heavy atom. The predicted molar refractivity (Wildman–Crippen MR) is 37.1 cm³/mol. The van der Waals surface area contributed by atoms with Crippen LogP contribution in [-0.2, 0) is 4.74 Å². The molecule has 0 spiro atoms. The first-order valence-electron chi connectivity index (χ1n) is 3.17. The lowest BCUT2D eigenvalue weighted by Gasteiger charge is -2.36. The molecule has 1 aliphatic heterocycles. The fourth-order valence-electron chi connectivity index (χ4n) is 0.757. The Bertz CT molecular complexity index is 132. The molecule has 0 aromatic heterocycles. The second kappa shape index (κ2) is 2.90. The zero-order valence-corrected chi connectivity index (χ0v) is 5.71. The smallest absolute Gasteiger partial charge is 0.128 e. The van der Waals surface area contributed by atoms with E-state index in [0.29, 0.717) is 19.8 Å². The van der Waals surface area contributed by atoms with Gasteiger partial charge >= 0.3 is 0 Å². The van der Waals surface area contributed by atoms with Crippen molar-refractivity contribution in [2.24, 2.45) is 5.73 Å². The van der Waals surface area contributed by atoms with Crippen LogP contribution in [0.4, 0.5) is 0 Å². The van der Waals surface area contributed by atoms with Gasteiger partial charge in [0.2, 0.25) is 0 Å². The molecule has 1 fully saturated rings. The maximum absolute atomic E-state index is 9.37. The van der Waals surface area contributed by atoms with Crippen molar-refractivity contribution in [3.05, 3.63) is 12.4 Å². The normalized spacial score (nSPS) is 22.5. The average Bonchev–Trinajstić information content (AvgIpc) is 1.85. The van der Waals surface area contributed by atoms with E-state index in [9.17, 15) is 5.11 Å². The first-order valence-corrected chi connectivity index (χ1v) is 3.17. The van der Waals surface area contributed by atoms with Crippen molar-refractivity contribution in [1.82, 2.24) is 5.32 Å². The molecule has 4 nitrogen and oxygen atoms in total. The lowest BCUT2D eigenvalue weighted by molar-refractivity contribution is -0.173. The fraction of sp³-hybridized carbons (Fsp3) is 0.667. The number of hydrogen-bond donors (Lipinski definition) is 3. The molecule has 1 heterocycles. The van der Waals surface area contributed by atoms with E-state index >= 15 is 0 Å². The molecular weight excluding hydrogens is 132 g/mol. The van der Waals surface area contributed by atoms with Crippen LogP contribution < -0.4 is 11.1 Å². The molecule has 4 N–H and O–H groups in total. The Morgan fingerprint density at radius 2 is 2.40 bits per heavy atom. The predicted octanol–water partition coefficient (Wildman–Crippen LogP) is -1.23. The highest BCUT2D eigenvalue weighted by Gasteiger charge is 2.35. The van der Waals surface area contributed by atoms with Crippen LogP contribution >= 0.6 is 0 Å². The van der Waals surface area contributed by atoms with E-state index in [1.54, 1.807) is 6.20 Å². The van der Waals surface area contributed by atoms with Crippen LogP contribution in [-0.4, -0.2) is 30.5 Å². The molecule has 4 heteroatoms. The van der Waals surface area contributed by atoms with Crippen molar-refractivity contribution in [3.8, 4) is 0 Å². The van der Waals surface area contributed by atoms with Gasteiger partial charge in [0.05, 0.1) is 13.2 Å². The van der Waals surface area contributed by atoms with Gasteiger partial charge in [0.15, 0.2) is 0 Å². The van der Waals surface area contributed by atoms with Crippen LogP contribution in [0, 0.1) is 0 Å². The first-order chi connectivity index (χ1) is 4.77. The van der Waals surface area contributed by atoms with Crippen molar-refractivity contribution in [2.75, 3.05) is 19.8 Å². The Hall–Kier alpha value is -0.740. The third kappa shape index (κ3) is 1.62. The zero-order chi connectivity index (χ0) is 7.45. The van der Waals surface area contributed by atoms with E-state index in [-0.39, 0.29) is 0 Å². The van der Waals surface area contributed by atoms with Gasteiger partial charge < -0.3 is 20.9 Å². The van der Waals surface area contributed by atoms with E-state index in [1.807, 2.05) is 0 Å². The van der Waals surface area contributed by atoms with Gasteiger partial charge in [-0.05, 0) is 0 Å². The summed E-state index contributed by atoms with van der Waals surface area (Å²) in [5, 5.41) is 12.2. The monoisotopic (exact) mass is 144 g/mol. The molecule has 0 amide bonds. The van der Waals surface area contributed by atoms with Gasteiger partial charge in [0, 0.05) is 18.9 Å². The van der Waals surface area contributed by atoms with Gasteiger partial charge in [-0.1, -0.05) is 0 Å². The van der Waals surface area contributed by atoms with Crippen molar-refractivity contribution < 1.29 is 9.84 Å². The quantitative estimate of drug-likeness (QED) is 0.464. The summed E-state index contributed by atoms with van der Waals surface area (Å²) in [5.41, 5.74) is 4.39. The molecule has 0 unspecified atom stereocenters. The topological polar surface area (TPSA) is 67.5 Å². The molecule has 0 atom stereocenters. The number of hydrogen-bond acceptors (Lipinski definition) is 4. The lowest BCUT2D eigenvalue weighted by atomic mass is 10.0. The molecule has 10 heavy (non-hydrogen) atoms. The maximum Gasteiger partial charge on any atom is 0.128 e. The molecular formula is C6H12N2O2. The Balaban J connectivity index is 2.12. The molecule has 0 aromatic rings. The summed E-state index contributed by atoms with van der Waals surface area (Å²) in [6.45, 7) is 1.33. The summed E-state index contributed by atoms with van der Waals surface area (Å²) in [7, 11) is 0. The molecule has 1 saturated heterocycles. The molecule has 0 aliphatic carbocycles. The van der Waals surface area contributed by atoms with E-state index < -0.39 is 5.60 Å². The average molecular weight is 144 g/mol. The Morgan fingerprint density at radius 1 is 1.70 bits per heavy atom. The summed E-state index contributed by atoms with van der Waals surface area (Å²) >= 11 is 0. The van der Waals surface area contributed by atoms with Crippen LogP contribution in [0.15, 0.2) is 12.4 Å². The summed E-state index contributed by atoms with van der Waals surface area (Å²) in [6, 6.07) is 0. The number of ether oxygens (including phenoxy) is 1. The molecule has 1 rings (SSSR count). The van der Waals surface area contributed by atoms with Crippen LogP contribution in [0.2, 0.25) is 0 Å². The first kappa shape index (κ1) is 7.37. The zero-order valence-electron chi connectivity index (χ0n) is 5.71. The second-order valence-electron chi connectivity index (χ2n) is 2.46. The third-order valence-corrected chi connectivity index (χ3v) is 1.39. The number of nitrogens with two attached hydrogens (primary N) is 1. The second-order valence-corrected chi connectivity index (χ2v) is 2.46. The van der Waals surface area contributed by atoms with Crippen LogP contribution in [0.25, 0.3) is 0 Å². The van der Waals surface area contributed by atoms with Crippen LogP contribution in [0.5, 0.6) is 0 Å². The summed E-state index contributed by atoms with van der Waals surface area (Å²) < 4.78 is 4.82. The van der Waals surface area contributed by atoms with Gasteiger partial charge in [0.1, 0.15) is 5.60 Å². The van der Waals surface area contributed by atoms with Crippen molar-refractivity contribution >= 4 is 0 Å². The molecule has 0 bridgehead atoms. The van der Waals surface area contributed by atoms with Crippen molar-refractivity contribution in [1.29, 1.82) is 0 Å². The van der Waals surface area contributed by atoms with E-state index in [2.05, 4.69) is 5.32 Å². The van der Waals surface area contributed by atoms with Gasteiger partial charge in [-0.25, -0.2) is 0 Å². The molecule has 0 aromatic carbocycles. The minimum atomic E-state index is -0.667. The molecule has 0 saturated carbocycles. The molecule has 0 radical (unpaired) electrons. The SMILES string of the molecule is N/C=C\NCC1(O)COC1. The van der Waals surface area contributed by atoms with Crippen molar-refractivity contribution in [3.63, 3.8) is 0 Å². The minimum Gasteiger partial charge on any atom is -0.403 e. The highest BCUT2D eigenvalue weighted by atomic mass is 16.5. The number of rotatable bonds is 3.